The molecule has 24 heavy (non-hydrogen) atoms. The predicted molar refractivity (Wildman–Crippen MR) is 86.7 cm³/mol. The van der Waals surface area contributed by atoms with E-state index in [0.29, 0.717) is 17.1 Å². The van der Waals surface area contributed by atoms with Crippen LogP contribution in [0.15, 0.2) is 47.4 Å². The third-order valence-corrected chi connectivity index (χ3v) is 4.68. The van der Waals surface area contributed by atoms with E-state index < -0.39 is 14.9 Å². The Morgan fingerprint density at radius 1 is 1.12 bits per heavy atom. The molecule has 128 valence electrons. The van der Waals surface area contributed by atoms with E-state index in [9.17, 15) is 18.5 Å². The molecule has 0 aliphatic heterocycles. The van der Waals surface area contributed by atoms with Crippen molar-refractivity contribution in [2.75, 3.05) is 14.2 Å². The van der Waals surface area contributed by atoms with Crippen LogP contribution >= 0.6 is 0 Å². The lowest BCUT2D eigenvalue weighted by Crippen LogP contribution is -2.23. The predicted octanol–water partition coefficient (Wildman–Crippen LogP) is 2.09. The number of ether oxygens (including phenoxy) is 2. The molecule has 9 heteroatoms. The van der Waals surface area contributed by atoms with Crippen molar-refractivity contribution in [3.8, 4) is 11.5 Å². The molecule has 2 aromatic rings. The number of nitro benzene ring substituents is 1. The Hall–Kier alpha value is -2.65. The summed E-state index contributed by atoms with van der Waals surface area (Å²) in [6.45, 7) is -0.0502. The third kappa shape index (κ3) is 4.00. The van der Waals surface area contributed by atoms with Gasteiger partial charge in [0.15, 0.2) is 0 Å². The van der Waals surface area contributed by atoms with Crippen molar-refractivity contribution >= 4 is 15.7 Å². The minimum absolute atomic E-state index is 0.0502. The number of nitro groups is 1. The minimum Gasteiger partial charge on any atom is -0.497 e. The van der Waals surface area contributed by atoms with Crippen molar-refractivity contribution in [3.63, 3.8) is 0 Å². The van der Waals surface area contributed by atoms with Gasteiger partial charge in [-0.15, -0.1) is 0 Å². The van der Waals surface area contributed by atoms with E-state index in [1.54, 1.807) is 18.2 Å². The van der Waals surface area contributed by atoms with Gasteiger partial charge in [-0.3, -0.25) is 10.1 Å². The Balaban J connectivity index is 2.25. The molecule has 0 amide bonds. The third-order valence-electron chi connectivity index (χ3n) is 3.28. The number of hydrogen-bond acceptors (Lipinski definition) is 6. The van der Waals surface area contributed by atoms with Crippen molar-refractivity contribution < 1.29 is 22.8 Å². The number of methoxy groups -OCH3 is 2. The zero-order valence-electron chi connectivity index (χ0n) is 13.1. The fourth-order valence-electron chi connectivity index (χ4n) is 2.04. The van der Waals surface area contributed by atoms with Crippen molar-refractivity contribution in [1.82, 2.24) is 4.72 Å². The van der Waals surface area contributed by atoms with Gasteiger partial charge >= 0.3 is 0 Å². The van der Waals surface area contributed by atoms with Crippen LogP contribution in [0.3, 0.4) is 0 Å². The Morgan fingerprint density at radius 3 is 2.50 bits per heavy atom. The molecular weight excluding hydrogens is 336 g/mol. The Labute approximate surface area is 139 Å². The molecule has 0 aliphatic rings. The van der Waals surface area contributed by atoms with Crippen LogP contribution in [-0.4, -0.2) is 27.6 Å². The van der Waals surface area contributed by atoms with Crippen LogP contribution in [0.4, 0.5) is 5.69 Å². The van der Waals surface area contributed by atoms with Crippen molar-refractivity contribution in [2.45, 2.75) is 11.4 Å². The van der Waals surface area contributed by atoms with Crippen molar-refractivity contribution in [1.29, 1.82) is 0 Å². The lowest BCUT2D eigenvalue weighted by atomic mass is 10.2. The maximum absolute atomic E-state index is 12.3. The quantitative estimate of drug-likeness (QED) is 0.604. The number of rotatable bonds is 7. The summed E-state index contributed by atoms with van der Waals surface area (Å²) in [5.41, 5.74) is 0.280. The molecular formula is C15H16N2O6S. The van der Waals surface area contributed by atoms with Gasteiger partial charge in [-0.1, -0.05) is 6.07 Å². The van der Waals surface area contributed by atoms with Gasteiger partial charge in [0.2, 0.25) is 10.0 Å². The van der Waals surface area contributed by atoms with Gasteiger partial charge in [0, 0.05) is 24.2 Å². The smallest absolute Gasteiger partial charge is 0.270 e. The zero-order chi connectivity index (χ0) is 17.7. The van der Waals surface area contributed by atoms with E-state index in [2.05, 4.69) is 4.72 Å². The molecule has 0 saturated carbocycles. The standard InChI is InChI=1S/C15H16N2O6S/c1-22-13-6-7-15(23-2)11(8-13)10-16-24(20,21)14-5-3-4-12(9-14)17(18)19/h3-9,16H,10H2,1-2H3. The molecule has 0 radical (unpaired) electrons. The summed E-state index contributed by atoms with van der Waals surface area (Å²) in [6, 6.07) is 9.84. The molecule has 0 spiro atoms. The van der Waals surface area contributed by atoms with Crippen LogP contribution in [0.5, 0.6) is 11.5 Å². The number of non-ortho nitro benzene ring substituents is 1. The zero-order valence-corrected chi connectivity index (χ0v) is 13.9. The first-order chi connectivity index (χ1) is 11.4. The number of nitrogens with one attached hydrogen (secondary N) is 1. The minimum atomic E-state index is -3.91. The average molecular weight is 352 g/mol. The molecule has 8 nitrogen and oxygen atoms in total. The summed E-state index contributed by atoms with van der Waals surface area (Å²) >= 11 is 0. The number of benzene rings is 2. The van der Waals surface area contributed by atoms with Crippen molar-refractivity contribution in [2.24, 2.45) is 0 Å². The first-order valence-corrected chi connectivity index (χ1v) is 8.30. The second-order valence-corrected chi connectivity index (χ2v) is 6.52. The maximum atomic E-state index is 12.3. The largest absolute Gasteiger partial charge is 0.497 e. The van der Waals surface area contributed by atoms with E-state index in [4.69, 9.17) is 9.47 Å². The highest BCUT2D eigenvalue weighted by Crippen LogP contribution is 2.24. The van der Waals surface area contributed by atoms with Gasteiger partial charge in [-0.25, -0.2) is 13.1 Å². The molecule has 1 N–H and O–H groups in total. The lowest BCUT2D eigenvalue weighted by molar-refractivity contribution is -0.385. The molecule has 0 atom stereocenters. The Kier molecular flexibility index (Phi) is 5.37. The summed E-state index contributed by atoms with van der Waals surface area (Å²) in [5, 5.41) is 10.8. The topological polar surface area (TPSA) is 108 Å². The number of sulfonamides is 1. The molecule has 0 unspecified atom stereocenters. The van der Waals surface area contributed by atoms with Crippen LogP contribution in [-0.2, 0) is 16.6 Å². The molecule has 0 bridgehead atoms. The van der Waals surface area contributed by atoms with E-state index in [1.165, 1.54) is 32.4 Å². The van der Waals surface area contributed by atoms with E-state index in [1.807, 2.05) is 0 Å². The Bertz CT molecular complexity index is 851. The number of hydrogen-bond donors (Lipinski definition) is 1. The normalized spacial score (nSPS) is 11.1. The van der Waals surface area contributed by atoms with Crippen LogP contribution in [0, 0.1) is 10.1 Å². The van der Waals surface area contributed by atoms with Gasteiger partial charge in [0.25, 0.3) is 5.69 Å². The summed E-state index contributed by atoms with van der Waals surface area (Å²) < 4.78 is 37.3. The Morgan fingerprint density at radius 2 is 1.88 bits per heavy atom. The second kappa shape index (κ2) is 7.28. The molecule has 0 fully saturated rings. The van der Waals surface area contributed by atoms with E-state index in [-0.39, 0.29) is 17.1 Å². The second-order valence-electron chi connectivity index (χ2n) is 4.76. The SMILES string of the molecule is COc1ccc(OC)c(CNS(=O)(=O)c2cccc([N+](=O)[O-])c2)c1. The van der Waals surface area contributed by atoms with Crippen LogP contribution < -0.4 is 14.2 Å². The van der Waals surface area contributed by atoms with Crippen LogP contribution in [0.25, 0.3) is 0 Å². The maximum Gasteiger partial charge on any atom is 0.270 e. The summed E-state index contributed by atoms with van der Waals surface area (Å²) in [5.74, 6) is 1.05. The first kappa shape index (κ1) is 17.7. The van der Waals surface area contributed by atoms with Crippen LogP contribution in [0.1, 0.15) is 5.56 Å². The van der Waals surface area contributed by atoms with Crippen molar-refractivity contribution in [3.05, 3.63) is 58.1 Å². The lowest BCUT2D eigenvalue weighted by Gasteiger charge is -2.12. The summed E-state index contributed by atoms with van der Waals surface area (Å²) in [4.78, 5) is 9.94. The molecule has 0 saturated heterocycles. The monoisotopic (exact) mass is 352 g/mol. The van der Waals surface area contributed by atoms with Gasteiger partial charge in [-0.2, -0.15) is 0 Å². The highest BCUT2D eigenvalue weighted by atomic mass is 32.2. The molecule has 0 heterocycles. The van der Waals surface area contributed by atoms with Gasteiger partial charge in [0.1, 0.15) is 11.5 Å². The van der Waals surface area contributed by atoms with Gasteiger partial charge in [0.05, 0.1) is 24.0 Å². The molecule has 2 rings (SSSR count). The van der Waals surface area contributed by atoms with E-state index >= 15 is 0 Å². The van der Waals surface area contributed by atoms with Gasteiger partial charge in [-0.05, 0) is 24.3 Å². The average Bonchev–Trinajstić information content (AvgIpc) is 2.59. The first-order valence-electron chi connectivity index (χ1n) is 6.82. The molecule has 0 aliphatic carbocycles. The fourth-order valence-corrected chi connectivity index (χ4v) is 3.09. The highest BCUT2D eigenvalue weighted by Gasteiger charge is 2.18. The fraction of sp³-hybridized carbons (Fsp3) is 0.200. The molecule has 2 aromatic carbocycles. The van der Waals surface area contributed by atoms with Gasteiger partial charge < -0.3 is 9.47 Å². The number of nitrogens with zero attached hydrogens (tertiary/aromatic N) is 1. The van der Waals surface area contributed by atoms with E-state index in [0.717, 1.165) is 6.07 Å². The summed E-state index contributed by atoms with van der Waals surface area (Å²) in [6.07, 6.45) is 0. The summed E-state index contributed by atoms with van der Waals surface area (Å²) in [7, 11) is -0.938. The highest BCUT2D eigenvalue weighted by molar-refractivity contribution is 7.89. The molecule has 0 aromatic heterocycles. The van der Waals surface area contributed by atoms with Crippen LogP contribution in [0.2, 0.25) is 0 Å².